The number of rotatable bonds is 5. The molecule has 1 aromatic carbocycles. The summed E-state index contributed by atoms with van der Waals surface area (Å²) in [7, 11) is 0. The van der Waals surface area contributed by atoms with E-state index in [1.807, 2.05) is 28.8 Å². The van der Waals surface area contributed by atoms with E-state index in [-0.39, 0.29) is 18.0 Å². The maximum absolute atomic E-state index is 13.6. The lowest BCUT2D eigenvalue weighted by Gasteiger charge is -2.42. The predicted octanol–water partition coefficient (Wildman–Crippen LogP) is 4.76. The number of aromatic nitrogens is 2. The Kier molecular flexibility index (Phi) is 6.81. The molecule has 0 radical (unpaired) electrons. The first-order valence-electron chi connectivity index (χ1n) is 13.0. The minimum atomic E-state index is -0.384. The molecule has 1 N–H and O–H groups in total. The molecular formula is C29H36N6O. The number of imidazole rings is 1. The van der Waals surface area contributed by atoms with Gasteiger partial charge in [-0.2, -0.15) is 0 Å². The number of aryl methyl sites for hydroxylation is 1. The largest absolute Gasteiger partial charge is 0.365 e. The zero-order valence-corrected chi connectivity index (χ0v) is 21.7. The van der Waals surface area contributed by atoms with E-state index in [1.54, 1.807) is 6.20 Å². The molecule has 1 amide bonds. The molecule has 0 saturated carbocycles. The van der Waals surface area contributed by atoms with Gasteiger partial charge < -0.3 is 15.1 Å². The minimum Gasteiger partial charge on any atom is -0.365 e. The molecule has 3 unspecified atom stereocenters. The van der Waals surface area contributed by atoms with Crippen molar-refractivity contribution in [1.82, 2.24) is 14.5 Å². The Bertz CT molecular complexity index is 1250. The maximum Gasteiger partial charge on any atom is 0.244 e. The van der Waals surface area contributed by atoms with Crippen LogP contribution < -0.4 is 10.2 Å². The Morgan fingerprint density at radius 1 is 1.22 bits per heavy atom. The molecule has 7 nitrogen and oxygen atoms in total. The number of hydrogen-bond donors (Lipinski definition) is 1. The van der Waals surface area contributed by atoms with Gasteiger partial charge in [-0.15, -0.1) is 0 Å². The molecule has 1 fully saturated rings. The summed E-state index contributed by atoms with van der Waals surface area (Å²) in [4.78, 5) is 27.2. The van der Waals surface area contributed by atoms with Crippen LogP contribution in [0.1, 0.15) is 44.3 Å². The zero-order valence-electron chi connectivity index (χ0n) is 21.7. The fraction of sp³-hybridized carbons (Fsp3) is 0.414. The van der Waals surface area contributed by atoms with Crippen molar-refractivity contribution in [3.63, 3.8) is 0 Å². The number of anilines is 2. The number of piperazine rings is 1. The van der Waals surface area contributed by atoms with Crippen LogP contribution in [-0.2, 0) is 11.2 Å². The standard InChI is InChI=1S/C29H36N6O/c1-20-7-5-9-24(17-20)27-28(35-14-13-30-12-11-26(35)32-27)31-23(4)29(36)33-15-16-34(22(3)19-33)25-10-6-8-21(2)18-25/h5-6,8-10,12-14,17-18,20,22-23,31H,7,11,15-16,19H2,1-4H3. The van der Waals surface area contributed by atoms with Gasteiger partial charge in [0.2, 0.25) is 5.91 Å². The van der Waals surface area contributed by atoms with E-state index in [0.717, 1.165) is 35.9 Å². The van der Waals surface area contributed by atoms with Crippen molar-refractivity contribution >= 4 is 35.4 Å². The predicted molar refractivity (Wildman–Crippen MR) is 148 cm³/mol. The first-order valence-corrected chi connectivity index (χ1v) is 13.0. The molecule has 2 aromatic rings. The lowest BCUT2D eigenvalue weighted by atomic mass is 9.96. The molecule has 0 bridgehead atoms. The van der Waals surface area contributed by atoms with Gasteiger partial charge in [-0.25, -0.2) is 4.98 Å². The van der Waals surface area contributed by atoms with Crippen LogP contribution >= 0.6 is 0 Å². The number of aliphatic imine (C=N–C) groups is 1. The number of carbonyl (C=O) groups excluding carboxylic acids is 1. The second-order valence-electron chi connectivity index (χ2n) is 10.2. The lowest BCUT2D eigenvalue weighted by molar-refractivity contribution is -0.132. The second kappa shape index (κ2) is 10.2. The number of hydrogen-bond acceptors (Lipinski definition) is 5. The number of carbonyl (C=O) groups is 1. The normalized spacial score (nSPS) is 22.2. The molecule has 3 heterocycles. The van der Waals surface area contributed by atoms with Crippen molar-refractivity contribution in [2.24, 2.45) is 10.9 Å². The Balaban J connectivity index is 1.34. The van der Waals surface area contributed by atoms with Crippen molar-refractivity contribution in [2.45, 2.75) is 52.6 Å². The molecule has 5 rings (SSSR count). The third-order valence-corrected chi connectivity index (χ3v) is 7.20. The van der Waals surface area contributed by atoms with Crippen molar-refractivity contribution in [2.75, 3.05) is 29.9 Å². The van der Waals surface area contributed by atoms with Crippen LogP contribution in [0.5, 0.6) is 0 Å². The van der Waals surface area contributed by atoms with E-state index in [1.165, 1.54) is 11.3 Å². The van der Waals surface area contributed by atoms with Crippen LogP contribution in [0.2, 0.25) is 0 Å². The van der Waals surface area contributed by atoms with Gasteiger partial charge in [-0.05, 0) is 56.4 Å². The van der Waals surface area contributed by atoms with Crippen molar-refractivity contribution in [1.29, 1.82) is 0 Å². The molecule has 1 aliphatic carbocycles. The third-order valence-electron chi connectivity index (χ3n) is 7.20. The summed E-state index contributed by atoms with van der Waals surface area (Å²) in [6.07, 6.45) is 13.9. The van der Waals surface area contributed by atoms with E-state index in [0.29, 0.717) is 25.4 Å². The fourth-order valence-corrected chi connectivity index (χ4v) is 5.31. The van der Waals surface area contributed by atoms with Gasteiger partial charge in [-0.1, -0.05) is 37.3 Å². The molecular weight excluding hydrogens is 448 g/mol. The highest BCUT2D eigenvalue weighted by atomic mass is 16.2. The number of fused-ring (bicyclic) bond motifs is 1. The van der Waals surface area contributed by atoms with E-state index in [9.17, 15) is 4.79 Å². The van der Waals surface area contributed by atoms with Gasteiger partial charge in [0.15, 0.2) is 0 Å². The van der Waals surface area contributed by atoms with Crippen LogP contribution in [-0.4, -0.2) is 58.3 Å². The summed E-state index contributed by atoms with van der Waals surface area (Å²) in [5.74, 6) is 2.34. The van der Waals surface area contributed by atoms with E-state index < -0.39 is 0 Å². The lowest BCUT2D eigenvalue weighted by Crippen LogP contribution is -2.56. The van der Waals surface area contributed by atoms with Gasteiger partial charge >= 0.3 is 0 Å². The first-order chi connectivity index (χ1) is 17.4. The highest BCUT2D eigenvalue weighted by molar-refractivity contribution is 5.87. The van der Waals surface area contributed by atoms with Crippen LogP contribution in [0.15, 0.2) is 53.7 Å². The number of nitrogens with one attached hydrogen (secondary N) is 1. The molecule has 1 saturated heterocycles. The Morgan fingerprint density at radius 3 is 2.86 bits per heavy atom. The fourth-order valence-electron chi connectivity index (χ4n) is 5.31. The number of benzene rings is 1. The summed E-state index contributed by atoms with van der Waals surface area (Å²) < 4.78 is 2.04. The van der Waals surface area contributed by atoms with Crippen LogP contribution in [0.25, 0.3) is 11.8 Å². The molecule has 3 aliphatic rings. The smallest absolute Gasteiger partial charge is 0.244 e. The average Bonchev–Trinajstić information content (AvgIpc) is 3.03. The molecule has 2 aliphatic heterocycles. The average molecular weight is 485 g/mol. The summed E-state index contributed by atoms with van der Waals surface area (Å²) in [6.45, 7) is 10.7. The maximum atomic E-state index is 13.6. The summed E-state index contributed by atoms with van der Waals surface area (Å²) in [6, 6.07) is 8.46. The Hall–Kier alpha value is -3.61. The molecule has 36 heavy (non-hydrogen) atoms. The minimum absolute atomic E-state index is 0.114. The van der Waals surface area contributed by atoms with E-state index >= 15 is 0 Å². The van der Waals surface area contributed by atoms with E-state index in [2.05, 4.69) is 78.5 Å². The molecule has 188 valence electrons. The van der Waals surface area contributed by atoms with Crippen molar-refractivity contribution in [3.8, 4) is 0 Å². The van der Waals surface area contributed by atoms with Gasteiger partial charge in [0.25, 0.3) is 0 Å². The van der Waals surface area contributed by atoms with Crippen LogP contribution in [0.3, 0.4) is 0 Å². The van der Waals surface area contributed by atoms with Gasteiger partial charge in [0.05, 0.1) is 0 Å². The Labute approximate surface area is 213 Å². The van der Waals surface area contributed by atoms with E-state index in [4.69, 9.17) is 4.98 Å². The quantitative estimate of drug-likeness (QED) is 0.664. The first kappa shape index (κ1) is 24.1. The SMILES string of the molecule is Cc1cccc(N2CCN(C(=O)C(C)Nc3c(C4=CC(C)CC=C4)nc4n3C=CN=CC4)CC2C)c1. The van der Waals surface area contributed by atoms with Crippen LogP contribution in [0.4, 0.5) is 11.5 Å². The van der Waals surface area contributed by atoms with Crippen molar-refractivity contribution < 1.29 is 4.79 Å². The topological polar surface area (TPSA) is 65.8 Å². The second-order valence-corrected chi connectivity index (χ2v) is 10.2. The zero-order chi connectivity index (χ0) is 25.2. The summed E-state index contributed by atoms with van der Waals surface area (Å²) in [5.41, 5.74) is 4.47. The highest BCUT2D eigenvalue weighted by Gasteiger charge is 2.31. The summed E-state index contributed by atoms with van der Waals surface area (Å²) >= 11 is 0. The molecule has 0 spiro atoms. The van der Waals surface area contributed by atoms with Gasteiger partial charge in [0.1, 0.15) is 23.4 Å². The summed E-state index contributed by atoms with van der Waals surface area (Å²) in [5, 5.41) is 3.53. The Morgan fingerprint density at radius 2 is 2.08 bits per heavy atom. The number of nitrogens with zero attached hydrogens (tertiary/aromatic N) is 5. The van der Waals surface area contributed by atoms with Gasteiger partial charge in [-0.3, -0.25) is 14.4 Å². The highest BCUT2D eigenvalue weighted by Crippen LogP contribution is 2.32. The third kappa shape index (κ3) is 4.87. The van der Waals surface area contributed by atoms with Crippen LogP contribution in [0, 0.1) is 12.8 Å². The monoisotopic (exact) mass is 484 g/mol. The molecule has 3 atom stereocenters. The van der Waals surface area contributed by atoms with Gasteiger partial charge in [0, 0.05) is 56.4 Å². The number of allylic oxidation sites excluding steroid dienone is 4. The number of amides is 1. The molecule has 7 heteroatoms. The van der Waals surface area contributed by atoms with Crippen molar-refractivity contribution in [3.05, 3.63) is 65.8 Å². The molecule has 1 aromatic heterocycles.